The second-order valence-corrected chi connectivity index (χ2v) is 4.80. The summed E-state index contributed by atoms with van der Waals surface area (Å²) in [4.78, 5) is 4.84. The van der Waals surface area contributed by atoms with E-state index in [1.165, 1.54) is 32.2 Å². The molecule has 3 nitrogen and oxygen atoms in total. The van der Waals surface area contributed by atoms with E-state index in [0.717, 1.165) is 25.6 Å². The Bertz CT molecular complexity index is 164. The average molecular weight is 214 g/mol. The van der Waals surface area contributed by atoms with Crippen molar-refractivity contribution in [1.29, 1.82) is 0 Å². The van der Waals surface area contributed by atoms with Crippen molar-refractivity contribution in [2.24, 2.45) is 0 Å². The highest BCUT2D eigenvalue weighted by atomic mass is 16.3. The zero-order valence-corrected chi connectivity index (χ0v) is 10.3. The van der Waals surface area contributed by atoms with Gasteiger partial charge in [-0.05, 0) is 52.9 Å². The van der Waals surface area contributed by atoms with Crippen molar-refractivity contribution < 1.29 is 5.11 Å². The third-order valence-electron chi connectivity index (χ3n) is 3.46. The van der Waals surface area contributed by atoms with E-state index in [-0.39, 0.29) is 0 Å². The summed E-state index contributed by atoms with van der Waals surface area (Å²) in [5.41, 5.74) is 0. The minimum Gasteiger partial charge on any atom is -0.396 e. The van der Waals surface area contributed by atoms with Crippen LogP contribution in [-0.2, 0) is 0 Å². The van der Waals surface area contributed by atoms with E-state index in [4.69, 9.17) is 5.11 Å². The van der Waals surface area contributed by atoms with Crippen molar-refractivity contribution in [3.8, 4) is 0 Å². The molecular weight excluding hydrogens is 188 g/mol. The fourth-order valence-corrected chi connectivity index (χ4v) is 2.33. The Morgan fingerprint density at radius 3 is 2.80 bits per heavy atom. The van der Waals surface area contributed by atoms with Gasteiger partial charge in [0, 0.05) is 19.2 Å². The Kier molecular flexibility index (Phi) is 6.22. The zero-order valence-electron chi connectivity index (χ0n) is 10.3. The maximum absolute atomic E-state index is 8.74. The number of rotatable bonds is 6. The molecule has 0 unspecified atom stereocenters. The number of likely N-dealkylation sites (tertiary alicyclic amines) is 1. The molecule has 1 heterocycles. The molecule has 1 aliphatic rings. The topological polar surface area (TPSA) is 26.7 Å². The molecule has 1 aliphatic heterocycles. The molecule has 0 aromatic rings. The summed E-state index contributed by atoms with van der Waals surface area (Å²) < 4.78 is 0. The number of hydrogen-bond acceptors (Lipinski definition) is 3. The largest absolute Gasteiger partial charge is 0.396 e. The van der Waals surface area contributed by atoms with E-state index in [1.807, 2.05) is 0 Å². The van der Waals surface area contributed by atoms with E-state index in [9.17, 15) is 0 Å². The molecule has 1 rings (SSSR count). The van der Waals surface area contributed by atoms with Crippen molar-refractivity contribution >= 4 is 0 Å². The first-order valence-electron chi connectivity index (χ1n) is 6.23. The van der Waals surface area contributed by atoms with Gasteiger partial charge in [-0.25, -0.2) is 0 Å². The second kappa shape index (κ2) is 7.20. The molecule has 1 atom stereocenters. The lowest BCUT2D eigenvalue weighted by Gasteiger charge is -2.33. The van der Waals surface area contributed by atoms with Crippen molar-refractivity contribution in [1.82, 2.24) is 9.80 Å². The van der Waals surface area contributed by atoms with Crippen LogP contribution in [-0.4, -0.2) is 61.3 Å². The lowest BCUT2D eigenvalue weighted by Crippen LogP contribution is -2.38. The molecule has 3 heteroatoms. The Balaban J connectivity index is 2.11. The summed E-state index contributed by atoms with van der Waals surface area (Å²) in [6, 6.07) is 0.787. The Hall–Kier alpha value is -0.120. The van der Waals surface area contributed by atoms with Crippen LogP contribution < -0.4 is 0 Å². The highest BCUT2D eigenvalue weighted by Crippen LogP contribution is 2.17. The SMILES string of the molecule is CN(CCCO)CC[C@@H]1CCCCN1C. The van der Waals surface area contributed by atoms with E-state index >= 15 is 0 Å². The molecule has 1 fully saturated rings. The zero-order chi connectivity index (χ0) is 11.1. The van der Waals surface area contributed by atoms with Crippen LogP contribution in [0.3, 0.4) is 0 Å². The molecule has 1 N–H and O–H groups in total. The summed E-state index contributed by atoms with van der Waals surface area (Å²) in [5, 5.41) is 8.74. The van der Waals surface area contributed by atoms with Crippen LogP contribution in [0.2, 0.25) is 0 Å². The van der Waals surface area contributed by atoms with Crippen LogP contribution in [0.5, 0.6) is 0 Å². The van der Waals surface area contributed by atoms with Crippen LogP contribution in [0, 0.1) is 0 Å². The molecular formula is C12H26N2O. The molecule has 0 amide bonds. The molecule has 15 heavy (non-hydrogen) atoms. The average Bonchev–Trinajstić information content (AvgIpc) is 2.25. The monoisotopic (exact) mass is 214 g/mol. The molecule has 0 aromatic carbocycles. The number of hydrogen-bond donors (Lipinski definition) is 1. The first-order valence-corrected chi connectivity index (χ1v) is 6.23. The third kappa shape index (κ3) is 4.96. The first kappa shape index (κ1) is 12.9. The minimum atomic E-state index is 0.313. The van der Waals surface area contributed by atoms with E-state index < -0.39 is 0 Å². The second-order valence-electron chi connectivity index (χ2n) is 4.80. The first-order chi connectivity index (χ1) is 7.24. The number of nitrogens with zero attached hydrogens (tertiary/aromatic N) is 2. The van der Waals surface area contributed by atoms with Gasteiger partial charge in [-0.3, -0.25) is 0 Å². The number of aliphatic hydroxyl groups is 1. The normalized spacial score (nSPS) is 23.6. The molecule has 1 saturated heterocycles. The fourth-order valence-electron chi connectivity index (χ4n) is 2.33. The lowest BCUT2D eigenvalue weighted by molar-refractivity contribution is 0.157. The summed E-state index contributed by atoms with van der Waals surface area (Å²) >= 11 is 0. The molecule has 0 bridgehead atoms. The number of aliphatic hydroxyl groups excluding tert-OH is 1. The summed E-state index contributed by atoms with van der Waals surface area (Å²) in [5.74, 6) is 0. The highest BCUT2D eigenvalue weighted by molar-refractivity contribution is 4.75. The van der Waals surface area contributed by atoms with Gasteiger partial charge in [0.25, 0.3) is 0 Å². The lowest BCUT2D eigenvalue weighted by atomic mass is 10.00. The predicted octanol–water partition coefficient (Wildman–Crippen LogP) is 1.18. The van der Waals surface area contributed by atoms with Crippen molar-refractivity contribution in [2.45, 2.75) is 38.1 Å². The Morgan fingerprint density at radius 1 is 1.33 bits per heavy atom. The van der Waals surface area contributed by atoms with Gasteiger partial charge in [-0.1, -0.05) is 6.42 Å². The molecule has 0 aliphatic carbocycles. The minimum absolute atomic E-state index is 0.313. The van der Waals surface area contributed by atoms with Gasteiger partial charge in [-0.2, -0.15) is 0 Å². The summed E-state index contributed by atoms with van der Waals surface area (Å²) in [6.45, 7) is 3.76. The molecule has 0 radical (unpaired) electrons. The molecule has 0 spiro atoms. The van der Waals surface area contributed by atoms with Gasteiger partial charge in [-0.15, -0.1) is 0 Å². The van der Waals surface area contributed by atoms with Gasteiger partial charge >= 0.3 is 0 Å². The number of piperidine rings is 1. The summed E-state index contributed by atoms with van der Waals surface area (Å²) in [6.07, 6.45) is 6.31. The standard InChI is InChI=1S/C12H26N2O/c1-13(8-5-11-15)10-7-12-6-3-4-9-14(12)2/h12,15H,3-11H2,1-2H3/t12-/m0/s1. The fraction of sp³-hybridized carbons (Fsp3) is 1.00. The third-order valence-corrected chi connectivity index (χ3v) is 3.46. The van der Waals surface area contributed by atoms with Crippen LogP contribution in [0.25, 0.3) is 0 Å². The van der Waals surface area contributed by atoms with Crippen molar-refractivity contribution in [3.05, 3.63) is 0 Å². The summed E-state index contributed by atoms with van der Waals surface area (Å²) in [7, 11) is 4.40. The van der Waals surface area contributed by atoms with E-state index in [1.54, 1.807) is 0 Å². The van der Waals surface area contributed by atoms with Crippen molar-refractivity contribution in [2.75, 3.05) is 40.3 Å². The Morgan fingerprint density at radius 2 is 2.13 bits per heavy atom. The van der Waals surface area contributed by atoms with E-state index in [2.05, 4.69) is 23.9 Å². The maximum atomic E-state index is 8.74. The molecule has 0 aromatic heterocycles. The van der Waals surface area contributed by atoms with Crippen molar-refractivity contribution in [3.63, 3.8) is 0 Å². The Labute approximate surface area is 94.1 Å². The maximum Gasteiger partial charge on any atom is 0.0443 e. The predicted molar refractivity (Wildman–Crippen MR) is 64.1 cm³/mol. The van der Waals surface area contributed by atoms with Gasteiger partial charge in [0.1, 0.15) is 0 Å². The van der Waals surface area contributed by atoms with Crippen LogP contribution in [0.1, 0.15) is 32.1 Å². The van der Waals surface area contributed by atoms with Gasteiger partial charge < -0.3 is 14.9 Å². The van der Waals surface area contributed by atoms with Crippen LogP contribution >= 0.6 is 0 Å². The van der Waals surface area contributed by atoms with Crippen LogP contribution in [0.4, 0.5) is 0 Å². The van der Waals surface area contributed by atoms with E-state index in [0.29, 0.717) is 6.61 Å². The van der Waals surface area contributed by atoms with Gasteiger partial charge in [0.05, 0.1) is 0 Å². The van der Waals surface area contributed by atoms with Gasteiger partial charge in [0.15, 0.2) is 0 Å². The van der Waals surface area contributed by atoms with Gasteiger partial charge in [0.2, 0.25) is 0 Å². The molecule has 90 valence electrons. The molecule has 0 saturated carbocycles. The highest BCUT2D eigenvalue weighted by Gasteiger charge is 2.18. The smallest absolute Gasteiger partial charge is 0.0443 e. The quantitative estimate of drug-likeness (QED) is 0.719. The van der Waals surface area contributed by atoms with Crippen LogP contribution in [0.15, 0.2) is 0 Å².